The maximum Gasteiger partial charge on any atom is 0.228 e. The molecule has 1 aliphatic heterocycles. The van der Waals surface area contributed by atoms with Crippen LogP contribution in [-0.4, -0.2) is 30.4 Å². The summed E-state index contributed by atoms with van der Waals surface area (Å²) in [7, 11) is 0. The van der Waals surface area contributed by atoms with E-state index >= 15 is 0 Å². The summed E-state index contributed by atoms with van der Waals surface area (Å²) >= 11 is 0. The van der Waals surface area contributed by atoms with E-state index in [1.54, 1.807) is 0 Å². The van der Waals surface area contributed by atoms with Crippen molar-refractivity contribution in [3.63, 3.8) is 0 Å². The zero-order chi connectivity index (χ0) is 14.7. The average Bonchev–Trinajstić information content (AvgIpc) is 2.84. The molecule has 21 heavy (non-hydrogen) atoms. The number of carbonyl (C=O) groups is 1. The number of rotatable bonds is 3. The van der Waals surface area contributed by atoms with Crippen LogP contribution in [0.25, 0.3) is 0 Å². The van der Waals surface area contributed by atoms with Crippen LogP contribution in [0, 0.1) is 28.6 Å². The smallest absolute Gasteiger partial charge is 0.228 e. The number of amides is 1. The monoisotopic (exact) mass is 290 g/mol. The molecule has 1 amide bonds. The highest BCUT2D eigenvalue weighted by Crippen LogP contribution is 2.65. The van der Waals surface area contributed by atoms with Crippen LogP contribution in [0.1, 0.15) is 58.3 Å². The van der Waals surface area contributed by atoms with Crippen molar-refractivity contribution in [2.45, 2.75) is 58.3 Å². The minimum Gasteiger partial charge on any atom is -0.342 e. The molecule has 0 aromatic rings. The lowest BCUT2D eigenvalue weighted by Crippen LogP contribution is -2.57. The average molecular weight is 290 g/mol. The number of nitrogens with zero attached hydrogens (tertiary/aromatic N) is 1. The van der Waals surface area contributed by atoms with Crippen molar-refractivity contribution in [3.8, 4) is 0 Å². The fraction of sp³-hybridized carbons (Fsp3) is 0.944. The molecule has 0 aromatic heterocycles. The number of hydrogen-bond acceptors (Lipinski definition) is 2. The van der Waals surface area contributed by atoms with Gasteiger partial charge in [0.1, 0.15) is 0 Å². The molecule has 118 valence electrons. The normalized spacial score (nSPS) is 48.1. The molecule has 4 aliphatic carbocycles. The third kappa shape index (κ3) is 2.23. The summed E-state index contributed by atoms with van der Waals surface area (Å²) in [5, 5.41) is 0. The van der Waals surface area contributed by atoms with Gasteiger partial charge in [-0.1, -0.05) is 6.92 Å². The predicted molar refractivity (Wildman–Crippen MR) is 83.6 cm³/mol. The van der Waals surface area contributed by atoms with Crippen molar-refractivity contribution in [1.29, 1.82) is 0 Å². The zero-order valence-electron chi connectivity index (χ0n) is 13.4. The molecule has 0 radical (unpaired) electrons. The summed E-state index contributed by atoms with van der Waals surface area (Å²) in [6, 6.07) is 0. The van der Waals surface area contributed by atoms with Crippen molar-refractivity contribution in [1.82, 2.24) is 4.90 Å². The number of nitrogens with two attached hydrogens (primary N) is 1. The van der Waals surface area contributed by atoms with Crippen molar-refractivity contribution in [2.75, 3.05) is 19.6 Å². The predicted octanol–water partition coefficient (Wildman–Crippen LogP) is 2.79. The topological polar surface area (TPSA) is 46.3 Å². The van der Waals surface area contributed by atoms with Crippen LogP contribution in [0.4, 0.5) is 0 Å². The van der Waals surface area contributed by atoms with Crippen molar-refractivity contribution in [3.05, 3.63) is 0 Å². The first-order valence-electron chi connectivity index (χ1n) is 9.01. The van der Waals surface area contributed by atoms with E-state index < -0.39 is 0 Å². The second-order valence-electron chi connectivity index (χ2n) is 9.04. The Morgan fingerprint density at radius 3 is 2.57 bits per heavy atom. The van der Waals surface area contributed by atoms with Gasteiger partial charge in [-0.2, -0.15) is 0 Å². The van der Waals surface area contributed by atoms with Crippen LogP contribution >= 0.6 is 0 Å². The first-order valence-corrected chi connectivity index (χ1v) is 9.01. The second kappa shape index (κ2) is 4.71. The number of carbonyl (C=O) groups excluding carboxylic acids is 1. The lowest BCUT2D eigenvalue weighted by molar-refractivity contribution is -0.165. The Morgan fingerprint density at radius 2 is 1.95 bits per heavy atom. The van der Waals surface area contributed by atoms with Gasteiger partial charge in [-0.3, -0.25) is 4.79 Å². The Balaban J connectivity index is 1.52. The zero-order valence-corrected chi connectivity index (χ0v) is 13.4. The summed E-state index contributed by atoms with van der Waals surface area (Å²) in [6.45, 7) is 5.18. The standard InChI is InChI=1S/C18H30N2O/c1-17-7-14-6-15(8-17)10-18(9-14,12-17)16(21)20-5-3-13(11-20)2-4-19/h13-15H,2-12,19H2,1H3. The highest BCUT2D eigenvalue weighted by molar-refractivity contribution is 5.83. The van der Waals surface area contributed by atoms with Gasteiger partial charge in [-0.05, 0) is 81.1 Å². The lowest BCUT2D eigenvalue weighted by Gasteiger charge is -2.61. The Labute approximate surface area is 128 Å². The van der Waals surface area contributed by atoms with Gasteiger partial charge in [0.15, 0.2) is 0 Å². The molecular formula is C18H30N2O. The van der Waals surface area contributed by atoms with Gasteiger partial charge in [-0.25, -0.2) is 0 Å². The molecule has 0 aromatic carbocycles. The van der Waals surface area contributed by atoms with Gasteiger partial charge in [0.2, 0.25) is 5.91 Å². The molecule has 0 spiro atoms. The highest BCUT2D eigenvalue weighted by atomic mass is 16.2. The van der Waals surface area contributed by atoms with Gasteiger partial charge in [-0.15, -0.1) is 0 Å². The molecular weight excluding hydrogens is 260 g/mol. The van der Waals surface area contributed by atoms with E-state index in [4.69, 9.17) is 5.73 Å². The number of hydrogen-bond donors (Lipinski definition) is 1. The third-order valence-corrected chi connectivity index (χ3v) is 6.96. The van der Waals surface area contributed by atoms with Crippen molar-refractivity contribution >= 4 is 5.91 Å². The molecule has 5 aliphatic rings. The molecule has 4 bridgehead atoms. The molecule has 3 unspecified atom stereocenters. The Morgan fingerprint density at radius 1 is 1.24 bits per heavy atom. The molecule has 3 atom stereocenters. The minimum absolute atomic E-state index is 0.0242. The second-order valence-corrected chi connectivity index (χ2v) is 9.04. The molecule has 3 nitrogen and oxygen atoms in total. The Kier molecular flexibility index (Phi) is 3.15. The van der Waals surface area contributed by atoms with Crippen LogP contribution < -0.4 is 5.73 Å². The third-order valence-electron chi connectivity index (χ3n) is 6.96. The highest BCUT2D eigenvalue weighted by Gasteiger charge is 2.59. The number of likely N-dealkylation sites (tertiary alicyclic amines) is 1. The van der Waals surface area contributed by atoms with E-state index in [1.807, 2.05) is 0 Å². The summed E-state index contributed by atoms with van der Waals surface area (Å²) < 4.78 is 0. The van der Waals surface area contributed by atoms with Crippen LogP contribution in [0.15, 0.2) is 0 Å². The van der Waals surface area contributed by atoms with Crippen molar-refractivity contribution in [2.24, 2.45) is 34.3 Å². The van der Waals surface area contributed by atoms with Crippen LogP contribution in [-0.2, 0) is 4.79 Å². The first-order chi connectivity index (χ1) is 10.0. The summed E-state index contributed by atoms with van der Waals surface area (Å²) in [5.74, 6) is 2.84. The van der Waals surface area contributed by atoms with E-state index in [2.05, 4.69) is 11.8 Å². The molecule has 4 saturated carbocycles. The fourth-order valence-electron chi connectivity index (χ4n) is 6.79. The van der Waals surface area contributed by atoms with E-state index in [9.17, 15) is 4.79 Å². The molecule has 5 rings (SSSR count). The van der Waals surface area contributed by atoms with E-state index in [0.717, 1.165) is 37.9 Å². The summed E-state index contributed by atoms with van der Waals surface area (Å²) in [6.07, 6.45) is 9.97. The minimum atomic E-state index is 0.0242. The van der Waals surface area contributed by atoms with Gasteiger partial charge in [0, 0.05) is 13.1 Å². The maximum absolute atomic E-state index is 13.3. The molecule has 1 saturated heterocycles. The molecule has 2 N–H and O–H groups in total. The van der Waals surface area contributed by atoms with Crippen LogP contribution in [0.3, 0.4) is 0 Å². The Bertz CT molecular complexity index is 432. The molecule has 1 heterocycles. The van der Waals surface area contributed by atoms with Crippen LogP contribution in [0.5, 0.6) is 0 Å². The maximum atomic E-state index is 13.3. The quantitative estimate of drug-likeness (QED) is 0.869. The lowest BCUT2D eigenvalue weighted by atomic mass is 9.44. The molecule has 5 fully saturated rings. The van der Waals surface area contributed by atoms with Gasteiger partial charge < -0.3 is 10.6 Å². The fourth-order valence-corrected chi connectivity index (χ4v) is 6.79. The first kappa shape index (κ1) is 14.0. The summed E-state index contributed by atoms with van der Waals surface area (Å²) in [4.78, 5) is 15.5. The van der Waals surface area contributed by atoms with Gasteiger partial charge >= 0.3 is 0 Å². The summed E-state index contributed by atoms with van der Waals surface area (Å²) in [5.41, 5.74) is 6.18. The van der Waals surface area contributed by atoms with Crippen molar-refractivity contribution < 1.29 is 4.79 Å². The van der Waals surface area contributed by atoms with Gasteiger partial charge in [0.25, 0.3) is 0 Å². The SMILES string of the molecule is CC12CC3CC(C1)CC(C(=O)N1CCC(CCN)C1)(C3)C2. The van der Waals surface area contributed by atoms with E-state index in [-0.39, 0.29) is 5.41 Å². The van der Waals surface area contributed by atoms with E-state index in [1.165, 1.54) is 44.9 Å². The van der Waals surface area contributed by atoms with Crippen LogP contribution in [0.2, 0.25) is 0 Å². The molecule has 3 heteroatoms. The largest absolute Gasteiger partial charge is 0.342 e. The Hall–Kier alpha value is -0.570. The van der Waals surface area contributed by atoms with E-state index in [0.29, 0.717) is 17.2 Å². The van der Waals surface area contributed by atoms with Gasteiger partial charge in [0.05, 0.1) is 5.41 Å².